The molecule has 6 heteroatoms. The molecule has 2 rings (SSSR count). The standard InChI is InChI=1S/C14H18Cl2N2O2/c1-9(17)14(19)18-6-2-3-11(8-18)20-10-4-5-12(15)13(16)7-10/h4-5,7,9,11H,2-3,6,8,17H2,1H3/t9-,11?/m1/s1. The van der Waals surface area contributed by atoms with Crippen molar-refractivity contribution in [2.24, 2.45) is 5.73 Å². The first kappa shape index (κ1) is 15.4. The summed E-state index contributed by atoms with van der Waals surface area (Å²) in [6.45, 7) is 2.99. The number of nitrogens with zero attached hydrogens (tertiary/aromatic N) is 1. The molecule has 1 unspecified atom stereocenters. The molecule has 20 heavy (non-hydrogen) atoms. The molecular weight excluding hydrogens is 299 g/mol. The summed E-state index contributed by atoms with van der Waals surface area (Å²) in [6.07, 6.45) is 1.77. The molecule has 2 atom stereocenters. The van der Waals surface area contributed by atoms with Crippen LogP contribution in [0.3, 0.4) is 0 Å². The second kappa shape index (κ2) is 6.66. The van der Waals surface area contributed by atoms with Gasteiger partial charge in [0.1, 0.15) is 11.9 Å². The van der Waals surface area contributed by atoms with Gasteiger partial charge < -0.3 is 15.4 Å². The third-order valence-electron chi connectivity index (χ3n) is 3.27. The summed E-state index contributed by atoms with van der Waals surface area (Å²) in [5, 5.41) is 0.958. The number of nitrogens with two attached hydrogens (primary N) is 1. The van der Waals surface area contributed by atoms with Gasteiger partial charge in [0.25, 0.3) is 0 Å². The van der Waals surface area contributed by atoms with E-state index in [2.05, 4.69) is 0 Å². The third kappa shape index (κ3) is 3.78. The molecule has 2 N–H and O–H groups in total. The number of hydrogen-bond acceptors (Lipinski definition) is 3. The molecule has 1 saturated heterocycles. The Morgan fingerprint density at radius 2 is 2.20 bits per heavy atom. The van der Waals surface area contributed by atoms with Crippen molar-refractivity contribution < 1.29 is 9.53 Å². The molecule has 1 fully saturated rings. The Morgan fingerprint density at radius 1 is 1.45 bits per heavy atom. The molecule has 0 radical (unpaired) electrons. The Labute approximate surface area is 128 Å². The fourth-order valence-electron chi connectivity index (χ4n) is 2.27. The van der Waals surface area contributed by atoms with Gasteiger partial charge in [-0.3, -0.25) is 4.79 Å². The maximum atomic E-state index is 11.9. The number of rotatable bonds is 3. The summed E-state index contributed by atoms with van der Waals surface area (Å²) in [6, 6.07) is 4.70. The lowest BCUT2D eigenvalue weighted by atomic mass is 10.1. The van der Waals surface area contributed by atoms with Crippen molar-refractivity contribution in [2.75, 3.05) is 13.1 Å². The summed E-state index contributed by atoms with van der Waals surface area (Å²) < 4.78 is 5.87. The smallest absolute Gasteiger partial charge is 0.239 e. The number of amides is 1. The molecule has 110 valence electrons. The van der Waals surface area contributed by atoms with E-state index in [9.17, 15) is 4.79 Å². The lowest BCUT2D eigenvalue weighted by Crippen LogP contribution is -2.49. The second-order valence-corrected chi connectivity index (χ2v) is 5.85. The van der Waals surface area contributed by atoms with Crippen LogP contribution in [0.15, 0.2) is 18.2 Å². The van der Waals surface area contributed by atoms with Crippen LogP contribution in [0.25, 0.3) is 0 Å². The van der Waals surface area contributed by atoms with Crippen molar-refractivity contribution in [2.45, 2.75) is 31.9 Å². The van der Waals surface area contributed by atoms with Crippen LogP contribution in [0.1, 0.15) is 19.8 Å². The fourth-order valence-corrected chi connectivity index (χ4v) is 2.55. The fraction of sp³-hybridized carbons (Fsp3) is 0.500. The van der Waals surface area contributed by atoms with Gasteiger partial charge in [-0.05, 0) is 31.9 Å². The first-order chi connectivity index (χ1) is 9.47. The number of carbonyl (C=O) groups is 1. The van der Waals surface area contributed by atoms with Gasteiger partial charge in [-0.1, -0.05) is 23.2 Å². The van der Waals surface area contributed by atoms with E-state index in [1.807, 2.05) is 0 Å². The van der Waals surface area contributed by atoms with Crippen molar-refractivity contribution >= 4 is 29.1 Å². The number of halogens is 2. The largest absolute Gasteiger partial charge is 0.489 e. The lowest BCUT2D eigenvalue weighted by molar-refractivity contribution is -0.134. The van der Waals surface area contributed by atoms with Gasteiger partial charge in [-0.15, -0.1) is 0 Å². The van der Waals surface area contributed by atoms with Crippen LogP contribution in [-0.4, -0.2) is 36.0 Å². The van der Waals surface area contributed by atoms with Crippen molar-refractivity contribution in [3.8, 4) is 5.75 Å². The average molecular weight is 317 g/mol. The van der Waals surface area contributed by atoms with Gasteiger partial charge in [0.2, 0.25) is 5.91 Å². The van der Waals surface area contributed by atoms with Gasteiger partial charge in [-0.2, -0.15) is 0 Å². The normalized spacial score (nSPS) is 20.6. The van der Waals surface area contributed by atoms with Crippen LogP contribution in [0.2, 0.25) is 10.0 Å². The van der Waals surface area contributed by atoms with E-state index >= 15 is 0 Å². The van der Waals surface area contributed by atoms with Crippen LogP contribution < -0.4 is 10.5 Å². The number of hydrogen-bond donors (Lipinski definition) is 1. The predicted molar refractivity (Wildman–Crippen MR) is 80.3 cm³/mol. The molecule has 0 saturated carbocycles. The highest BCUT2D eigenvalue weighted by atomic mass is 35.5. The van der Waals surface area contributed by atoms with Gasteiger partial charge in [0.05, 0.1) is 22.6 Å². The summed E-state index contributed by atoms with van der Waals surface area (Å²) in [4.78, 5) is 13.7. The second-order valence-electron chi connectivity index (χ2n) is 5.03. The van der Waals surface area contributed by atoms with E-state index in [-0.39, 0.29) is 12.0 Å². The van der Waals surface area contributed by atoms with Crippen LogP contribution >= 0.6 is 23.2 Å². The van der Waals surface area contributed by atoms with E-state index < -0.39 is 6.04 Å². The van der Waals surface area contributed by atoms with Crippen LogP contribution in [0, 0.1) is 0 Å². The Bertz CT molecular complexity index is 494. The highest BCUT2D eigenvalue weighted by Crippen LogP contribution is 2.28. The molecule has 1 aromatic carbocycles. The molecule has 1 heterocycles. The van der Waals surface area contributed by atoms with E-state index in [0.717, 1.165) is 19.4 Å². The zero-order valence-electron chi connectivity index (χ0n) is 11.3. The van der Waals surface area contributed by atoms with Gasteiger partial charge in [0, 0.05) is 12.6 Å². The molecule has 0 bridgehead atoms. The molecule has 1 aliphatic heterocycles. The van der Waals surface area contributed by atoms with E-state index in [0.29, 0.717) is 22.3 Å². The number of ether oxygens (including phenoxy) is 1. The van der Waals surface area contributed by atoms with Crippen molar-refractivity contribution in [1.82, 2.24) is 4.90 Å². The van der Waals surface area contributed by atoms with Crippen molar-refractivity contribution in [3.05, 3.63) is 28.2 Å². The maximum absolute atomic E-state index is 11.9. The molecule has 4 nitrogen and oxygen atoms in total. The highest BCUT2D eigenvalue weighted by Gasteiger charge is 2.26. The molecular formula is C14H18Cl2N2O2. The molecule has 0 aliphatic carbocycles. The van der Waals surface area contributed by atoms with Crippen LogP contribution in [0.5, 0.6) is 5.75 Å². The third-order valence-corrected chi connectivity index (χ3v) is 4.01. The topological polar surface area (TPSA) is 55.6 Å². The average Bonchev–Trinajstić information content (AvgIpc) is 2.42. The first-order valence-corrected chi connectivity index (χ1v) is 7.39. The SMILES string of the molecule is C[C@@H](N)C(=O)N1CCCC(Oc2ccc(Cl)c(Cl)c2)C1. The molecule has 1 aromatic rings. The highest BCUT2D eigenvalue weighted by molar-refractivity contribution is 6.42. The van der Waals surface area contributed by atoms with E-state index in [4.69, 9.17) is 33.7 Å². The minimum Gasteiger partial charge on any atom is -0.489 e. The van der Waals surface area contributed by atoms with E-state index in [1.54, 1.807) is 30.0 Å². The first-order valence-electron chi connectivity index (χ1n) is 6.63. The number of benzene rings is 1. The molecule has 0 aromatic heterocycles. The lowest BCUT2D eigenvalue weighted by Gasteiger charge is -2.33. The maximum Gasteiger partial charge on any atom is 0.239 e. The summed E-state index contributed by atoms with van der Waals surface area (Å²) in [5.41, 5.74) is 5.64. The van der Waals surface area contributed by atoms with Crippen molar-refractivity contribution in [1.29, 1.82) is 0 Å². The van der Waals surface area contributed by atoms with Crippen LogP contribution in [0.4, 0.5) is 0 Å². The number of piperidine rings is 1. The molecule has 1 aliphatic rings. The zero-order valence-corrected chi connectivity index (χ0v) is 12.8. The Kier molecular flexibility index (Phi) is 5.13. The monoisotopic (exact) mass is 316 g/mol. The predicted octanol–water partition coefficient (Wildman–Crippen LogP) is 2.71. The minimum atomic E-state index is -0.473. The summed E-state index contributed by atoms with van der Waals surface area (Å²) >= 11 is 11.8. The van der Waals surface area contributed by atoms with Gasteiger partial charge >= 0.3 is 0 Å². The van der Waals surface area contributed by atoms with Gasteiger partial charge in [-0.25, -0.2) is 0 Å². The Balaban J connectivity index is 1.99. The van der Waals surface area contributed by atoms with Gasteiger partial charge in [0.15, 0.2) is 0 Å². The number of likely N-dealkylation sites (tertiary alicyclic amines) is 1. The zero-order chi connectivity index (χ0) is 14.7. The molecule has 1 amide bonds. The van der Waals surface area contributed by atoms with Crippen molar-refractivity contribution in [3.63, 3.8) is 0 Å². The Morgan fingerprint density at radius 3 is 2.85 bits per heavy atom. The summed E-state index contributed by atoms with van der Waals surface area (Å²) in [7, 11) is 0. The molecule has 0 spiro atoms. The number of carbonyl (C=O) groups excluding carboxylic acids is 1. The van der Waals surface area contributed by atoms with Crippen LogP contribution in [-0.2, 0) is 4.79 Å². The minimum absolute atomic E-state index is 0.0348. The Hall–Kier alpha value is -0.970. The quantitative estimate of drug-likeness (QED) is 0.932. The summed E-state index contributed by atoms with van der Waals surface area (Å²) in [5.74, 6) is 0.631. The van der Waals surface area contributed by atoms with E-state index in [1.165, 1.54) is 0 Å².